The summed E-state index contributed by atoms with van der Waals surface area (Å²) in [5.74, 6) is -0.106. The van der Waals surface area contributed by atoms with Gasteiger partial charge in [0, 0.05) is 17.0 Å². The molecule has 2 aromatic rings. The summed E-state index contributed by atoms with van der Waals surface area (Å²) in [7, 11) is 1.60. The molecule has 0 aliphatic heterocycles. The van der Waals surface area contributed by atoms with Crippen LogP contribution in [0, 0.1) is 0 Å². The van der Waals surface area contributed by atoms with E-state index in [4.69, 9.17) is 9.47 Å². The number of ether oxygens (including phenoxy) is 2. The van der Waals surface area contributed by atoms with Gasteiger partial charge in [0.15, 0.2) is 12.3 Å². The molecule has 6 nitrogen and oxygen atoms in total. The van der Waals surface area contributed by atoms with Crippen molar-refractivity contribution in [1.82, 2.24) is 10.3 Å². The molecule has 0 bridgehead atoms. The van der Waals surface area contributed by atoms with Gasteiger partial charge in [-0.2, -0.15) is 0 Å². The number of methoxy groups -OCH3 is 1. The van der Waals surface area contributed by atoms with Crippen LogP contribution >= 0.6 is 11.3 Å². The smallest absolute Gasteiger partial charge is 0.358 e. The third-order valence-electron chi connectivity index (χ3n) is 3.33. The van der Waals surface area contributed by atoms with Crippen molar-refractivity contribution in [3.8, 4) is 16.3 Å². The first-order valence-electron chi connectivity index (χ1n) is 7.22. The van der Waals surface area contributed by atoms with E-state index in [9.17, 15) is 9.59 Å². The molecule has 1 N–H and O–H groups in total. The minimum atomic E-state index is -0.591. The van der Waals surface area contributed by atoms with E-state index in [1.807, 2.05) is 24.3 Å². The summed E-state index contributed by atoms with van der Waals surface area (Å²) in [5.41, 5.74) is 1.10. The molecule has 1 saturated carbocycles. The van der Waals surface area contributed by atoms with E-state index < -0.39 is 5.97 Å². The molecule has 120 valence electrons. The first-order chi connectivity index (χ1) is 11.2. The van der Waals surface area contributed by atoms with Crippen molar-refractivity contribution in [3.05, 3.63) is 35.3 Å². The molecule has 1 fully saturated rings. The fraction of sp³-hybridized carbons (Fsp3) is 0.312. The fourth-order valence-corrected chi connectivity index (χ4v) is 2.73. The lowest BCUT2D eigenvalue weighted by atomic mass is 10.2. The van der Waals surface area contributed by atoms with Gasteiger partial charge in [0.2, 0.25) is 0 Å². The molecule has 1 aliphatic carbocycles. The number of thiazole rings is 1. The lowest BCUT2D eigenvalue weighted by Gasteiger charge is -2.03. The van der Waals surface area contributed by atoms with Gasteiger partial charge in [0.25, 0.3) is 5.91 Å². The Kier molecular flexibility index (Phi) is 4.57. The predicted molar refractivity (Wildman–Crippen MR) is 85.5 cm³/mol. The number of nitrogens with one attached hydrogen (secondary N) is 1. The minimum Gasteiger partial charge on any atom is -0.497 e. The monoisotopic (exact) mass is 332 g/mol. The zero-order valence-corrected chi connectivity index (χ0v) is 13.4. The van der Waals surface area contributed by atoms with Gasteiger partial charge >= 0.3 is 5.97 Å². The van der Waals surface area contributed by atoms with Crippen molar-refractivity contribution in [2.75, 3.05) is 13.7 Å². The van der Waals surface area contributed by atoms with Crippen LogP contribution in [-0.4, -0.2) is 36.6 Å². The van der Waals surface area contributed by atoms with Crippen molar-refractivity contribution in [2.45, 2.75) is 18.9 Å². The van der Waals surface area contributed by atoms with Gasteiger partial charge in [-0.1, -0.05) is 0 Å². The normalized spacial score (nSPS) is 13.4. The lowest BCUT2D eigenvalue weighted by Crippen LogP contribution is -2.30. The maximum Gasteiger partial charge on any atom is 0.358 e. The summed E-state index contributed by atoms with van der Waals surface area (Å²) >= 11 is 1.35. The third-order valence-corrected chi connectivity index (χ3v) is 4.22. The fourth-order valence-electron chi connectivity index (χ4n) is 1.94. The molecule has 0 atom stereocenters. The molecule has 1 aliphatic rings. The molecule has 1 amide bonds. The van der Waals surface area contributed by atoms with Crippen LogP contribution < -0.4 is 10.1 Å². The van der Waals surface area contributed by atoms with E-state index in [0.29, 0.717) is 5.01 Å². The molecule has 3 rings (SSSR count). The number of nitrogens with zero attached hydrogens (tertiary/aromatic N) is 1. The first kappa shape index (κ1) is 15.5. The Hall–Kier alpha value is -2.41. The van der Waals surface area contributed by atoms with Crippen LogP contribution in [-0.2, 0) is 9.53 Å². The molecule has 23 heavy (non-hydrogen) atoms. The Morgan fingerprint density at radius 1 is 1.30 bits per heavy atom. The second-order valence-corrected chi connectivity index (χ2v) is 6.04. The maximum atomic E-state index is 11.9. The molecule has 0 spiro atoms. The molecular formula is C16H16N2O4S. The molecular weight excluding hydrogens is 316 g/mol. The zero-order valence-electron chi connectivity index (χ0n) is 12.6. The highest BCUT2D eigenvalue weighted by Gasteiger charge is 2.24. The lowest BCUT2D eigenvalue weighted by molar-refractivity contribution is -0.124. The highest BCUT2D eigenvalue weighted by molar-refractivity contribution is 7.13. The Labute approximate surface area is 137 Å². The SMILES string of the molecule is COc1ccc(-c2nc(C(=O)OCC(=O)NC3CC3)cs2)cc1. The molecule has 0 unspecified atom stereocenters. The van der Waals surface area contributed by atoms with Crippen LogP contribution in [0.4, 0.5) is 0 Å². The highest BCUT2D eigenvalue weighted by Crippen LogP contribution is 2.26. The number of carbonyl (C=O) groups excluding carboxylic acids is 2. The van der Waals surface area contributed by atoms with Gasteiger partial charge < -0.3 is 14.8 Å². The summed E-state index contributed by atoms with van der Waals surface area (Å²) in [6.45, 7) is -0.273. The van der Waals surface area contributed by atoms with Crippen molar-refractivity contribution in [2.24, 2.45) is 0 Å². The predicted octanol–water partition coefficient (Wildman–Crippen LogP) is 2.25. The van der Waals surface area contributed by atoms with Crippen LogP contribution in [0.15, 0.2) is 29.6 Å². The number of esters is 1. The first-order valence-corrected chi connectivity index (χ1v) is 8.10. The van der Waals surface area contributed by atoms with Gasteiger partial charge in [-0.05, 0) is 37.1 Å². The second-order valence-electron chi connectivity index (χ2n) is 5.18. The number of aromatic nitrogens is 1. The van der Waals surface area contributed by atoms with Crippen LogP contribution in [0.25, 0.3) is 10.6 Å². The van der Waals surface area contributed by atoms with E-state index in [-0.39, 0.29) is 24.2 Å². The third kappa shape index (κ3) is 4.07. The van der Waals surface area contributed by atoms with Crippen molar-refractivity contribution in [1.29, 1.82) is 0 Å². The zero-order chi connectivity index (χ0) is 16.2. The molecule has 1 aromatic carbocycles. The van der Waals surface area contributed by atoms with Crippen LogP contribution in [0.5, 0.6) is 5.75 Å². The van der Waals surface area contributed by atoms with Crippen LogP contribution in [0.2, 0.25) is 0 Å². The average molecular weight is 332 g/mol. The van der Waals surface area contributed by atoms with Gasteiger partial charge in [0.1, 0.15) is 10.8 Å². The van der Waals surface area contributed by atoms with Crippen molar-refractivity contribution >= 4 is 23.2 Å². The summed E-state index contributed by atoms with van der Waals surface area (Å²) in [4.78, 5) is 27.7. The van der Waals surface area contributed by atoms with Crippen LogP contribution in [0.3, 0.4) is 0 Å². The molecule has 7 heteroatoms. The molecule has 1 heterocycles. The van der Waals surface area contributed by atoms with Crippen molar-refractivity contribution in [3.63, 3.8) is 0 Å². The van der Waals surface area contributed by atoms with E-state index >= 15 is 0 Å². The van der Waals surface area contributed by atoms with Crippen LogP contribution in [0.1, 0.15) is 23.3 Å². The van der Waals surface area contributed by atoms with E-state index in [0.717, 1.165) is 24.2 Å². The van der Waals surface area contributed by atoms with Gasteiger partial charge in [-0.3, -0.25) is 4.79 Å². The number of hydrogen-bond donors (Lipinski definition) is 1. The maximum absolute atomic E-state index is 11.9. The van der Waals surface area contributed by atoms with E-state index in [2.05, 4.69) is 10.3 Å². The standard InChI is InChI=1S/C16H16N2O4S/c1-21-12-6-2-10(3-7-12)15-18-13(9-23-15)16(20)22-8-14(19)17-11-4-5-11/h2-3,6-7,9,11H,4-5,8H2,1H3,(H,17,19). The summed E-state index contributed by atoms with van der Waals surface area (Å²) < 4.78 is 10.1. The quantitative estimate of drug-likeness (QED) is 0.821. The molecule has 0 radical (unpaired) electrons. The Balaban J connectivity index is 1.58. The topological polar surface area (TPSA) is 77.5 Å². The Morgan fingerprint density at radius 3 is 2.70 bits per heavy atom. The Bertz CT molecular complexity index is 707. The number of amides is 1. The number of benzene rings is 1. The summed E-state index contributed by atoms with van der Waals surface area (Å²) in [6.07, 6.45) is 1.99. The molecule has 0 saturated heterocycles. The summed E-state index contributed by atoms with van der Waals surface area (Å²) in [6, 6.07) is 7.65. The number of hydrogen-bond acceptors (Lipinski definition) is 6. The van der Waals surface area contributed by atoms with E-state index in [1.54, 1.807) is 12.5 Å². The van der Waals surface area contributed by atoms with E-state index in [1.165, 1.54) is 11.3 Å². The second kappa shape index (κ2) is 6.78. The minimum absolute atomic E-state index is 0.208. The largest absolute Gasteiger partial charge is 0.497 e. The number of rotatable bonds is 6. The number of carbonyl (C=O) groups is 2. The average Bonchev–Trinajstić information content (AvgIpc) is 3.24. The van der Waals surface area contributed by atoms with Gasteiger partial charge in [-0.25, -0.2) is 9.78 Å². The van der Waals surface area contributed by atoms with Crippen molar-refractivity contribution < 1.29 is 19.1 Å². The van der Waals surface area contributed by atoms with Gasteiger partial charge in [-0.15, -0.1) is 11.3 Å². The summed E-state index contributed by atoms with van der Waals surface area (Å²) in [5, 5.41) is 5.09. The van der Waals surface area contributed by atoms with Gasteiger partial charge in [0.05, 0.1) is 7.11 Å². The highest BCUT2D eigenvalue weighted by atomic mass is 32.1. The Morgan fingerprint density at radius 2 is 2.04 bits per heavy atom. The molecule has 1 aromatic heterocycles.